The van der Waals surface area contributed by atoms with Gasteiger partial charge in [-0.1, -0.05) is 6.07 Å². The first-order valence-electron chi connectivity index (χ1n) is 7.85. The zero-order chi connectivity index (χ0) is 17.1. The zero-order valence-corrected chi connectivity index (χ0v) is 13.3. The summed E-state index contributed by atoms with van der Waals surface area (Å²) >= 11 is 0. The highest BCUT2D eigenvalue weighted by molar-refractivity contribution is 6.21. The fourth-order valence-electron chi connectivity index (χ4n) is 3.54. The Morgan fingerprint density at radius 1 is 0.880 bits per heavy atom. The maximum atomic E-state index is 12.0. The van der Waals surface area contributed by atoms with Crippen LogP contribution in [0.2, 0.25) is 0 Å². The van der Waals surface area contributed by atoms with Crippen molar-refractivity contribution in [3.05, 3.63) is 64.7 Å². The van der Waals surface area contributed by atoms with Crippen molar-refractivity contribution in [2.75, 3.05) is 7.11 Å². The Balaban J connectivity index is 1.73. The number of benzene rings is 3. The summed E-state index contributed by atoms with van der Waals surface area (Å²) in [4.78, 5) is 23.8. The average molecular weight is 332 g/mol. The molecule has 0 amide bonds. The Morgan fingerprint density at radius 3 is 2.52 bits per heavy atom. The monoisotopic (exact) mass is 332 g/mol. The lowest BCUT2D eigenvalue weighted by molar-refractivity contribution is 0.0444. The molecule has 0 saturated heterocycles. The molecular formula is C20H12O5. The van der Waals surface area contributed by atoms with Gasteiger partial charge in [0.1, 0.15) is 17.2 Å². The summed E-state index contributed by atoms with van der Waals surface area (Å²) in [6.45, 7) is 0. The zero-order valence-electron chi connectivity index (χ0n) is 13.3. The Morgan fingerprint density at radius 2 is 1.68 bits per heavy atom. The Kier molecular flexibility index (Phi) is 2.71. The van der Waals surface area contributed by atoms with E-state index in [4.69, 9.17) is 14.2 Å². The Hall–Kier alpha value is -3.34. The molecule has 0 radical (unpaired) electrons. The minimum atomic E-state index is -0.593. The molecule has 0 atom stereocenters. The summed E-state index contributed by atoms with van der Waals surface area (Å²) in [5.74, 6) is 1.13. The lowest BCUT2D eigenvalue weighted by atomic mass is 9.91. The first-order chi connectivity index (χ1) is 12.2. The number of ether oxygens (including phenoxy) is 3. The largest absolute Gasteiger partial charge is 0.497 e. The molecule has 122 valence electrons. The SMILES string of the molecule is COc1ccc2c(c1)Cc1c(ccc3c4c(ccc13)C(=O)OC4=O)O2. The highest BCUT2D eigenvalue weighted by atomic mass is 16.6. The van der Waals surface area contributed by atoms with E-state index in [1.165, 1.54) is 0 Å². The lowest BCUT2D eigenvalue weighted by Crippen LogP contribution is -2.05. The van der Waals surface area contributed by atoms with Crippen LogP contribution in [0.25, 0.3) is 10.8 Å². The summed E-state index contributed by atoms with van der Waals surface area (Å²) in [5, 5.41) is 1.60. The second kappa shape index (κ2) is 4.83. The molecule has 5 heteroatoms. The molecule has 2 heterocycles. The molecule has 2 aliphatic heterocycles. The van der Waals surface area contributed by atoms with Crippen molar-refractivity contribution in [3.8, 4) is 17.2 Å². The summed E-state index contributed by atoms with van der Waals surface area (Å²) < 4.78 is 16.0. The highest BCUT2D eigenvalue weighted by Gasteiger charge is 2.32. The molecule has 0 fully saturated rings. The van der Waals surface area contributed by atoms with E-state index >= 15 is 0 Å². The van der Waals surface area contributed by atoms with Gasteiger partial charge in [0.2, 0.25) is 0 Å². The van der Waals surface area contributed by atoms with Crippen molar-refractivity contribution in [2.24, 2.45) is 0 Å². The van der Waals surface area contributed by atoms with Crippen LogP contribution >= 0.6 is 0 Å². The molecule has 5 rings (SSSR count). The van der Waals surface area contributed by atoms with Crippen molar-refractivity contribution in [2.45, 2.75) is 6.42 Å². The third-order valence-electron chi connectivity index (χ3n) is 4.73. The van der Waals surface area contributed by atoms with E-state index in [1.807, 2.05) is 30.3 Å². The number of carbonyl (C=O) groups excluding carboxylic acids is 2. The quantitative estimate of drug-likeness (QED) is 0.391. The van der Waals surface area contributed by atoms with Crippen molar-refractivity contribution in [3.63, 3.8) is 0 Å². The van der Waals surface area contributed by atoms with Crippen molar-refractivity contribution in [1.82, 2.24) is 0 Å². The Bertz CT molecular complexity index is 1100. The second-order valence-corrected chi connectivity index (χ2v) is 6.05. The number of esters is 2. The number of cyclic esters (lactones) is 2. The van der Waals surface area contributed by atoms with Gasteiger partial charge in [-0.25, -0.2) is 9.59 Å². The van der Waals surface area contributed by atoms with Crippen molar-refractivity contribution >= 4 is 22.7 Å². The van der Waals surface area contributed by atoms with Gasteiger partial charge >= 0.3 is 11.9 Å². The number of carbonyl (C=O) groups is 2. The molecule has 0 spiro atoms. The van der Waals surface area contributed by atoms with Crippen LogP contribution in [0.3, 0.4) is 0 Å². The van der Waals surface area contributed by atoms with Gasteiger partial charge in [0, 0.05) is 17.5 Å². The van der Waals surface area contributed by atoms with Crippen LogP contribution in [0.4, 0.5) is 0 Å². The van der Waals surface area contributed by atoms with E-state index in [0.29, 0.717) is 22.9 Å². The maximum absolute atomic E-state index is 12.0. The molecule has 25 heavy (non-hydrogen) atoms. The normalized spacial score (nSPS) is 14.4. The molecule has 0 bridgehead atoms. The van der Waals surface area contributed by atoms with Gasteiger partial charge in [-0.05, 0) is 47.2 Å². The summed E-state index contributed by atoms with van der Waals surface area (Å²) in [6, 6.07) is 12.8. The molecule has 0 saturated carbocycles. The Labute approximate surface area is 142 Å². The van der Waals surface area contributed by atoms with Crippen LogP contribution in [0.5, 0.6) is 17.2 Å². The topological polar surface area (TPSA) is 61.8 Å². The number of methoxy groups -OCH3 is 1. The smallest absolute Gasteiger partial charge is 0.347 e. The number of fused-ring (bicyclic) bond motifs is 6. The number of hydrogen-bond acceptors (Lipinski definition) is 5. The molecule has 0 aliphatic carbocycles. The fourth-order valence-corrected chi connectivity index (χ4v) is 3.54. The van der Waals surface area contributed by atoms with E-state index < -0.39 is 11.9 Å². The maximum Gasteiger partial charge on any atom is 0.347 e. The summed E-state index contributed by atoms with van der Waals surface area (Å²) in [6.07, 6.45) is 0.654. The molecule has 3 aromatic carbocycles. The van der Waals surface area contributed by atoms with Gasteiger partial charge in [0.15, 0.2) is 0 Å². The third kappa shape index (κ3) is 1.89. The predicted octanol–water partition coefficient (Wildman–Crippen LogP) is 3.86. The van der Waals surface area contributed by atoms with E-state index in [1.54, 1.807) is 19.2 Å². The molecular weight excluding hydrogens is 320 g/mol. The van der Waals surface area contributed by atoms with E-state index in [9.17, 15) is 9.59 Å². The van der Waals surface area contributed by atoms with Crippen LogP contribution < -0.4 is 9.47 Å². The minimum absolute atomic E-state index is 0.316. The first-order valence-corrected chi connectivity index (χ1v) is 7.85. The van der Waals surface area contributed by atoms with Crippen LogP contribution in [0.15, 0.2) is 42.5 Å². The lowest BCUT2D eigenvalue weighted by Gasteiger charge is -2.22. The molecule has 2 aliphatic rings. The van der Waals surface area contributed by atoms with Gasteiger partial charge in [-0.3, -0.25) is 0 Å². The van der Waals surface area contributed by atoms with Crippen molar-refractivity contribution in [1.29, 1.82) is 0 Å². The standard InChI is InChI=1S/C20H12O5/c1-23-11-2-6-16-10(8-11)9-15-12-3-4-14-18(20(22)25-19(14)21)13(12)5-7-17(15)24-16/h2-8H,9H2,1H3. The van der Waals surface area contributed by atoms with Gasteiger partial charge < -0.3 is 14.2 Å². The van der Waals surface area contributed by atoms with Gasteiger partial charge in [0.05, 0.1) is 18.2 Å². The highest BCUT2D eigenvalue weighted by Crippen LogP contribution is 2.42. The van der Waals surface area contributed by atoms with Gasteiger partial charge in [0.25, 0.3) is 0 Å². The molecule has 5 nitrogen and oxygen atoms in total. The van der Waals surface area contributed by atoms with Crippen LogP contribution in [0.1, 0.15) is 31.8 Å². The molecule has 0 aromatic heterocycles. The first kappa shape index (κ1) is 14.0. The van der Waals surface area contributed by atoms with Gasteiger partial charge in [-0.15, -0.1) is 0 Å². The van der Waals surface area contributed by atoms with Gasteiger partial charge in [-0.2, -0.15) is 0 Å². The predicted molar refractivity (Wildman–Crippen MR) is 89.6 cm³/mol. The van der Waals surface area contributed by atoms with Crippen molar-refractivity contribution < 1.29 is 23.8 Å². The molecule has 0 unspecified atom stereocenters. The van der Waals surface area contributed by atoms with Crippen LogP contribution in [-0.2, 0) is 11.2 Å². The summed E-state index contributed by atoms with van der Waals surface area (Å²) in [5.41, 5.74) is 2.64. The van der Waals surface area contributed by atoms with E-state index in [2.05, 4.69) is 0 Å². The fraction of sp³-hybridized carbons (Fsp3) is 0.100. The molecule has 0 N–H and O–H groups in total. The van der Waals surface area contributed by atoms with E-state index in [0.717, 1.165) is 33.8 Å². The van der Waals surface area contributed by atoms with E-state index in [-0.39, 0.29) is 0 Å². The minimum Gasteiger partial charge on any atom is -0.497 e. The number of hydrogen-bond donors (Lipinski definition) is 0. The molecule has 3 aromatic rings. The summed E-state index contributed by atoms with van der Waals surface area (Å²) in [7, 11) is 1.63. The number of rotatable bonds is 1. The average Bonchev–Trinajstić information content (AvgIpc) is 2.93. The third-order valence-corrected chi connectivity index (χ3v) is 4.73. The van der Waals surface area contributed by atoms with Crippen LogP contribution in [0, 0.1) is 0 Å². The second-order valence-electron chi connectivity index (χ2n) is 6.05. The van der Waals surface area contributed by atoms with Crippen LogP contribution in [-0.4, -0.2) is 19.0 Å².